The molecule has 0 atom stereocenters. The molecule has 190 valence electrons. The monoisotopic (exact) mass is 486 g/mol. The Balaban J connectivity index is 1.34. The number of hydrogen-bond acceptors (Lipinski definition) is 4. The van der Waals surface area contributed by atoms with E-state index in [0.717, 1.165) is 78.3 Å². The van der Waals surface area contributed by atoms with Gasteiger partial charge in [0.25, 0.3) is 0 Å². The molecule has 1 saturated heterocycles. The van der Waals surface area contributed by atoms with Crippen molar-refractivity contribution in [3.8, 4) is 16.9 Å². The predicted octanol–water partition coefficient (Wildman–Crippen LogP) is 5.37. The molecule has 0 unspecified atom stereocenters. The van der Waals surface area contributed by atoms with Gasteiger partial charge in [0.2, 0.25) is 0 Å². The van der Waals surface area contributed by atoms with Crippen molar-refractivity contribution in [2.24, 2.45) is 17.8 Å². The minimum Gasteiger partial charge on any atom is -0.508 e. The second kappa shape index (κ2) is 9.35. The van der Waals surface area contributed by atoms with E-state index in [2.05, 4.69) is 41.1 Å². The number of benzene rings is 2. The van der Waals surface area contributed by atoms with Crippen molar-refractivity contribution in [2.75, 3.05) is 33.2 Å². The van der Waals surface area contributed by atoms with E-state index in [1.807, 2.05) is 12.1 Å². The van der Waals surface area contributed by atoms with Gasteiger partial charge in [-0.05, 0) is 115 Å². The van der Waals surface area contributed by atoms with Gasteiger partial charge < -0.3 is 15.1 Å². The molecule has 1 aliphatic heterocycles. The zero-order valence-corrected chi connectivity index (χ0v) is 21.3. The van der Waals surface area contributed by atoms with Crippen LogP contribution in [0.3, 0.4) is 0 Å². The number of piperazine rings is 1. The highest BCUT2D eigenvalue weighted by Crippen LogP contribution is 2.62. The summed E-state index contributed by atoms with van der Waals surface area (Å²) in [5.41, 5.74) is 5.69. The maximum absolute atomic E-state index is 11.2. The molecule has 0 spiro atoms. The van der Waals surface area contributed by atoms with Crippen molar-refractivity contribution in [1.29, 1.82) is 0 Å². The van der Waals surface area contributed by atoms with Gasteiger partial charge in [-0.2, -0.15) is 0 Å². The number of phenols is 1. The lowest BCUT2D eigenvalue weighted by atomic mass is 9.48. The van der Waals surface area contributed by atoms with E-state index >= 15 is 0 Å². The summed E-state index contributed by atoms with van der Waals surface area (Å²) in [5.74, 6) is 2.02. The third kappa shape index (κ3) is 4.59. The van der Waals surface area contributed by atoms with Crippen molar-refractivity contribution in [1.82, 2.24) is 9.80 Å². The number of carboxylic acids is 1. The van der Waals surface area contributed by atoms with E-state index in [1.165, 1.54) is 44.6 Å². The van der Waals surface area contributed by atoms with Gasteiger partial charge in [-0.3, -0.25) is 4.90 Å². The maximum Gasteiger partial charge on any atom is 0.328 e. The van der Waals surface area contributed by atoms with Crippen LogP contribution in [0.1, 0.15) is 55.2 Å². The molecule has 5 nitrogen and oxygen atoms in total. The lowest BCUT2D eigenvalue weighted by Crippen LogP contribution is -2.48. The Kier molecular flexibility index (Phi) is 6.17. The minimum atomic E-state index is -0.927. The largest absolute Gasteiger partial charge is 0.508 e. The van der Waals surface area contributed by atoms with Crippen molar-refractivity contribution >= 4 is 12.0 Å². The number of carboxylic acid groups (broad SMARTS) is 1. The van der Waals surface area contributed by atoms with Crippen LogP contribution in [0.4, 0.5) is 0 Å². The highest BCUT2D eigenvalue weighted by molar-refractivity contribution is 5.86. The van der Waals surface area contributed by atoms with E-state index in [4.69, 9.17) is 0 Å². The van der Waals surface area contributed by atoms with Gasteiger partial charge in [-0.1, -0.05) is 18.2 Å². The zero-order chi connectivity index (χ0) is 24.9. The summed E-state index contributed by atoms with van der Waals surface area (Å²) in [4.78, 5) is 16.0. The fraction of sp³-hybridized carbons (Fsp3) is 0.516. The van der Waals surface area contributed by atoms with E-state index in [-0.39, 0.29) is 5.41 Å². The Labute approximate surface area is 214 Å². The molecule has 2 aromatic carbocycles. The summed E-state index contributed by atoms with van der Waals surface area (Å²) in [6.45, 7) is 4.93. The SMILES string of the molecule is CN1CCN(Cc2cc(-c3ccc(O)c(C45CC6CC(CC(C6)C4)C5)c3)ccc2C=CC(=O)O)CC1. The van der Waals surface area contributed by atoms with Crippen LogP contribution in [-0.2, 0) is 16.8 Å². The van der Waals surface area contributed by atoms with E-state index in [0.29, 0.717) is 5.75 Å². The fourth-order valence-electron chi connectivity index (χ4n) is 8.07. The molecular formula is C31H38N2O3. The second-order valence-corrected chi connectivity index (χ2v) is 12.1. The Morgan fingerprint density at radius 2 is 1.56 bits per heavy atom. The quantitative estimate of drug-likeness (QED) is 0.538. The van der Waals surface area contributed by atoms with Crippen LogP contribution in [-0.4, -0.2) is 59.2 Å². The molecule has 5 heteroatoms. The molecule has 5 fully saturated rings. The first-order valence-corrected chi connectivity index (χ1v) is 13.7. The van der Waals surface area contributed by atoms with Crippen LogP contribution in [0.25, 0.3) is 17.2 Å². The molecule has 0 amide bonds. The first-order valence-electron chi connectivity index (χ1n) is 13.7. The molecule has 5 aliphatic rings. The van der Waals surface area contributed by atoms with Crippen LogP contribution in [0, 0.1) is 17.8 Å². The van der Waals surface area contributed by atoms with Gasteiger partial charge in [0.1, 0.15) is 5.75 Å². The molecule has 7 rings (SSSR count). The molecule has 2 aromatic rings. The summed E-state index contributed by atoms with van der Waals surface area (Å²) in [6, 6.07) is 12.6. The minimum absolute atomic E-state index is 0.141. The van der Waals surface area contributed by atoms with E-state index in [1.54, 1.807) is 6.08 Å². The Morgan fingerprint density at radius 3 is 2.19 bits per heavy atom. The molecule has 0 radical (unpaired) electrons. The van der Waals surface area contributed by atoms with Gasteiger partial charge in [0.15, 0.2) is 0 Å². The van der Waals surface area contributed by atoms with Crippen molar-refractivity contribution in [3.63, 3.8) is 0 Å². The van der Waals surface area contributed by atoms with Crippen LogP contribution in [0.2, 0.25) is 0 Å². The number of nitrogens with zero attached hydrogens (tertiary/aromatic N) is 2. The van der Waals surface area contributed by atoms with Gasteiger partial charge in [-0.25, -0.2) is 4.79 Å². The summed E-state index contributed by atoms with van der Waals surface area (Å²) in [5, 5.41) is 20.2. The number of rotatable bonds is 6. The maximum atomic E-state index is 11.2. The molecule has 4 aliphatic carbocycles. The van der Waals surface area contributed by atoms with Crippen LogP contribution in [0.5, 0.6) is 5.75 Å². The third-order valence-electron chi connectivity index (χ3n) is 9.48. The number of aliphatic carboxylic acids is 1. The molecular weight excluding hydrogens is 448 g/mol. The lowest BCUT2D eigenvalue weighted by molar-refractivity contribution is -0.131. The number of carbonyl (C=O) groups is 1. The summed E-state index contributed by atoms with van der Waals surface area (Å²) in [6.07, 6.45) is 10.8. The Hall–Kier alpha value is -2.63. The van der Waals surface area contributed by atoms with Gasteiger partial charge in [0, 0.05) is 44.4 Å². The number of aromatic hydroxyl groups is 1. The third-order valence-corrected chi connectivity index (χ3v) is 9.48. The first-order chi connectivity index (χ1) is 17.4. The van der Waals surface area contributed by atoms with E-state index < -0.39 is 5.97 Å². The van der Waals surface area contributed by atoms with Crippen LogP contribution in [0.15, 0.2) is 42.5 Å². The molecule has 36 heavy (non-hydrogen) atoms. The first kappa shape index (κ1) is 23.7. The zero-order valence-electron chi connectivity index (χ0n) is 21.3. The number of likely N-dealkylation sites (N-methyl/N-ethyl adjacent to an activating group) is 1. The normalized spacial score (nSPS) is 30.3. The number of hydrogen-bond donors (Lipinski definition) is 2. The highest BCUT2D eigenvalue weighted by Gasteiger charge is 2.52. The Morgan fingerprint density at radius 1 is 0.944 bits per heavy atom. The average Bonchev–Trinajstić information content (AvgIpc) is 2.84. The summed E-state index contributed by atoms with van der Waals surface area (Å²) in [7, 11) is 2.16. The average molecular weight is 487 g/mol. The molecule has 1 heterocycles. The lowest BCUT2D eigenvalue weighted by Gasteiger charge is -2.57. The molecule has 4 bridgehead atoms. The van der Waals surface area contributed by atoms with Gasteiger partial charge >= 0.3 is 5.97 Å². The van der Waals surface area contributed by atoms with Gasteiger partial charge in [0.05, 0.1) is 0 Å². The predicted molar refractivity (Wildman–Crippen MR) is 143 cm³/mol. The summed E-state index contributed by atoms with van der Waals surface area (Å²) < 4.78 is 0. The van der Waals surface area contributed by atoms with Crippen LogP contribution >= 0.6 is 0 Å². The molecule has 4 saturated carbocycles. The van der Waals surface area contributed by atoms with Crippen molar-refractivity contribution in [3.05, 3.63) is 59.2 Å². The van der Waals surface area contributed by atoms with E-state index in [9.17, 15) is 15.0 Å². The molecule has 2 N–H and O–H groups in total. The van der Waals surface area contributed by atoms with Crippen molar-refractivity contribution in [2.45, 2.75) is 50.5 Å². The molecule has 0 aromatic heterocycles. The van der Waals surface area contributed by atoms with Crippen LogP contribution < -0.4 is 0 Å². The number of phenolic OH excluding ortho intramolecular Hbond substituents is 1. The fourth-order valence-corrected chi connectivity index (χ4v) is 8.07. The Bertz CT molecular complexity index is 1140. The summed E-state index contributed by atoms with van der Waals surface area (Å²) >= 11 is 0. The topological polar surface area (TPSA) is 64.0 Å². The van der Waals surface area contributed by atoms with Gasteiger partial charge in [-0.15, -0.1) is 0 Å². The van der Waals surface area contributed by atoms with Crippen molar-refractivity contribution < 1.29 is 15.0 Å². The second-order valence-electron chi connectivity index (χ2n) is 12.1. The highest BCUT2D eigenvalue weighted by atomic mass is 16.4. The standard InChI is InChI=1S/C31H38N2O3/c1-32-8-10-33(11-9-32)20-27-15-25(3-2-24(27)5-7-30(35)36)26-4-6-29(34)28(16-26)31-17-21-12-22(18-31)14-23(13-21)19-31/h2-7,15-16,21-23,34H,8-14,17-20H2,1H3,(H,35,36). The smallest absolute Gasteiger partial charge is 0.328 e.